The highest BCUT2D eigenvalue weighted by Crippen LogP contribution is 2.29. The van der Waals surface area contributed by atoms with Crippen LogP contribution in [0.15, 0.2) is 48.8 Å². The van der Waals surface area contributed by atoms with Crippen LogP contribution in [0.1, 0.15) is 15.2 Å². The molecule has 3 rings (SSSR count). The lowest BCUT2D eigenvalue weighted by atomic mass is 10.2. The van der Waals surface area contributed by atoms with Gasteiger partial charge in [0.1, 0.15) is 17.2 Å². The van der Waals surface area contributed by atoms with Crippen molar-refractivity contribution in [2.75, 3.05) is 0 Å². The molecule has 0 aliphatic heterocycles. The minimum absolute atomic E-state index is 0.337. The molecule has 2 aromatic heterocycles. The highest BCUT2D eigenvalue weighted by Gasteiger charge is 2.08. The Hall–Kier alpha value is -2.40. The molecule has 0 aliphatic rings. The van der Waals surface area contributed by atoms with Gasteiger partial charge in [0, 0.05) is 22.7 Å². The molecule has 4 nitrogen and oxygen atoms in total. The first kappa shape index (κ1) is 12.6. The van der Waals surface area contributed by atoms with Crippen LogP contribution in [-0.4, -0.2) is 16.1 Å². The van der Waals surface area contributed by atoms with Gasteiger partial charge in [-0.1, -0.05) is 6.07 Å². The van der Waals surface area contributed by atoms with Gasteiger partial charge < -0.3 is 9.84 Å². The molecule has 0 saturated carbocycles. The molecular weight excluding hydrogens is 274 g/mol. The quantitative estimate of drug-likeness (QED) is 0.796. The lowest BCUT2D eigenvalue weighted by Crippen LogP contribution is -1.95. The summed E-state index contributed by atoms with van der Waals surface area (Å²) in [6.07, 6.45) is 3.47. The van der Waals surface area contributed by atoms with E-state index in [9.17, 15) is 4.79 Å². The molecule has 0 radical (unpaired) electrons. The zero-order chi connectivity index (χ0) is 13.9. The molecule has 1 N–H and O–H groups in total. The topological polar surface area (TPSA) is 59.4 Å². The maximum atomic E-state index is 10.9. The Labute approximate surface area is 119 Å². The normalized spacial score (nSPS) is 10.6. The average molecular weight is 285 g/mol. The number of carboxylic acids is 1. The van der Waals surface area contributed by atoms with E-state index < -0.39 is 5.97 Å². The van der Waals surface area contributed by atoms with Crippen LogP contribution in [0, 0.1) is 0 Å². The number of aromatic nitrogens is 1. The van der Waals surface area contributed by atoms with Crippen LogP contribution in [-0.2, 0) is 6.61 Å². The van der Waals surface area contributed by atoms with Gasteiger partial charge in [-0.25, -0.2) is 4.79 Å². The largest absolute Gasteiger partial charge is 0.489 e. The van der Waals surface area contributed by atoms with Crippen LogP contribution < -0.4 is 4.74 Å². The van der Waals surface area contributed by atoms with E-state index in [0.29, 0.717) is 11.5 Å². The van der Waals surface area contributed by atoms with Crippen molar-refractivity contribution in [2.45, 2.75) is 6.61 Å². The lowest BCUT2D eigenvalue weighted by Gasteiger charge is -2.05. The number of benzene rings is 1. The summed E-state index contributed by atoms with van der Waals surface area (Å²) in [7, 11) is 0. The van der Waals surface area contributed by atoms with Crippen molar-refractivity contribution in [3.05, 3.63) is 59.2 Å². The maximum absolute atomic E-state index is 10.9. The standard InChI is InChI=1S/C15H11NO3S/c17-15(18)14-7-11-6-12(3-4-13(11)20-14)19-9-10-2-1-5-16-8-10/h1-8H,9H2,(H,17,18). The fourth-order valence-corrected chi connectivity index (χ4v) is 2.75. The molecule has 0 saturated heterocycles. The number of aromatic carboxylic acids is 1. The molecule has 0 fully saturated rings. The van der Waals surface area contributed by atoms with Gasteiger partial charge in [-0.3, -0.25) is 4.98 Å². The summed E-state index contributed by atoms with van der Waals surface area (Å²) in [6, 6.07) is 11.1. The minimum atomic E-state index is -0.899. The van der Waals surface area contributed by atoms with Crippen molar-refractivity contribution in [3.8, 4) is 5.75 Å². The number of hydrogen-bond donors (Lipinski definition) is 1. The van der Waals surface area contributed by atoms with E-state index in [2.05, 4.69) is 4.98 Å². The smallest absolute Gasteiger partial charge is 0.345 e. The fourth-order valence-electron chi connectivity index (χ4n) is 1.87. The molecule has 0 amide bonds. The number of thiophene rings is 1. The molecule has 0 bridgehead atoms. The van der Waals surface area contributed by atoms with Crippen molar-refractivity contribution < 1.29 is 14.6 Å². The SMILES string of the molecule is O=C(O)c1cc2cc(OCc3cccnc3)ccc2s1. The minimum Gasteiger partial charge on any atom is -0.489 e. The monoisotopic (exact) mass is 285 g/mol. The zero-order valence-electron chi connectivity index (χ0n) is 10.4. The number of ether oxygens (including phenoxy) is 1. The molecule has 20 heavy (non-hydrogen) atoms. The third-order valence-electron chi connectivity index (χ3n) is 2.83. The number of carbonyl (C=O) groups is 1. The Morgan fingerprint density at radius 3 is 2.95 bits per heavy atom. The summed E-state index contributed by atoms with van der Waals surface area (Å²) >= 11 is 1.26. The molecule has 3 aromatic rings. The summed E-state index contributed by atoms with van der Waals surface area (Å²) in [5.41, 5.74) is 0.990. The molecule has 0 atom stereocenters. The van der Waals surface area contributed by atoms with Crippen molar-refractivity contribution in [1.82, 2.24) is 4.98 Å². The predicted octanol–water partition coefficient (Wildman–Crippen LogP) is 3.57. The number of carboxylic acid groups (broad SMARTS) is 1. The Kier molecular flexibility index (Phi) is 3.35. The summed E-state index contributed by atoms with van der Waals surface area (Å²) < 4.78 is 6.63. The third kappa shape index (κ3) is 2.62. The summed E-state index contributed by atoms with van der Waals surface area (Å²) in [4.78, 5) is 15.3. The number of fused-ring (bicyclic) bond motifs is 1. The summed E-state index contributed by atoms with van der Waals surface area (Å²) in [5, 5.41) is 9.86. The fraction of sp³-hybridized carbons (Fsp3) is 0.0667. The van der Waals surface area contributed by atoms with Crippen LogP contribution in [0.4, 0.5) is 0 Å². The van der Waals surface area contributed by atoms with Gasteiger partial charge in [-0.15, -0.1) is 11.3 Å². The van der Waals surface area contributed by atoms with E-state index in [4.69, 9.17) is 9.84 Å². The average Bonchev–Trinajstić information content (AvgIpc) is 2.89. The van der Waals surface area contributed by atoms with E-state index in [0.717, 1.165) is 21.4 Å². The van der Waals surface area contributed by atoms with Crippen LogP contribution in [0.2, 0.25) is 0 Å². The zero-order valence-corrected chi connectivity index (χ0v) is 11.3. The number of rotatable bonds is 4. The van der Waals surface area contributed by atoms with Gasteiger partial charge >= 0.3 is 5.97 Å². The van der Waals surface area contributed by atoms with Gasteiger partial charge in [0.2, 0.25) is 0 Å². The molecule has 0 unspecified atom stereocenters. The van der Waals surface area contributed by atoms with Crippen LogP contribution in [0.3, 0.4) is 0 Å². The molecule has 5 heteroatoms. The third-order valence-corrected chi connectivity index (χ3v) is 3.93. The molecule has 0 aliphatic carbocycles. The van der Waals surface area contributed by atoms with Gasteiger partial charge in [-0.05, 0) is 35.7 Å². The summed E-state index contributed by atoms with van der Waals surface area (Å²) in [5.74, 6) is -0.180. The van der Waals surface area contributed by atoms with E-state index >= 15 is 0 Å². The summed E-state index contributed by atoms with van der Waals surface area (Å²) in [6.45, 7) is 0.440. The second-order valence-electron chi connectivity index (χ2n) is 4.27. The van der Waals surface area contributed by atoms with Crippen molar-refractivity contribution in [1.29, 1.82) is 0 Å². The molecule has 0 spiro atoms. The molecular formula is C15H11NO3S. The van der Waals surface area contributed by atoms with Crippen LogP contribution >= 0.6 is 11.3 Å². The van der Waals surface area contributed by atoms with Crippen LogP contribution in [0.5, 0.6) is 5.75 Å². The number of nitrogens with zero attached hydrogens (tertiary/aromatic N) is 1. The van der Waals surface area contributed by atoms with Gasteiger partial charge in [0.15, 0.2) is 0 Å². The second kappa shape index (κ2) is 5.30. The van der Waals surface area contributed by atoms with E-state index in [1.54, 1.807) is 18.5 Å². The van der Waals surface area contributed by atoms with Gasteiger partial charge in [-0.2, -0.15) is 0 Å². The molecule has 1 aromatic carbocycles. The Morgan fingerprint density at radius 2 is 2.20 bits per heavy atom. The van der Waals surface area contributed by atoms with Crippen molar-refractivity contribution >= 4 is 27.4 Å². The Bertz CT molecular complexity index is 752. The number of hydrogen-bond acceptors (Lipinski definition) is 4. The lowest BCUT2D eigenvalue weighted by molar-refractivity contribution is 0.0702. The van der Waals surface area contributed by atoms with Crippen molar-refractivity contribution in [3.63, 3.8) is 0 Å². The van der Waals surface area contributed by atoms with Gasteiger partial charge in [0.25, 0.3) is 0 Å². The Morgan fingerprint density at radius 1 is 1.30 bits per heavy atom. The maximum Gasteiger partial charge on any atom is 0.345 e. The van der Waals surface area contributed by atoms with Gasteiger partial charge in [0.05, 0.1) is 0 Å². The predicted molar refractivity (Wildman–Crippen MR) is 77.4 cm³/mol. The van der Waals surface area contributed by atoms with Crippen LogP contribution in [0.25, 0.3) is 10.1 Å². The first-order chi connectivity index (χ1) is 9.72. The molecule has 2 heterocycles. The molecule has 100 valence electrons. The van der Waals surface area contributed by atoms with Crippen molar-refractivity contribution in [2.24, 2.45) is 0 Å². The van der Waals surface area contributed by atoms with E-state index in [1.807, 2.05) is 30.3 Å². The Balaban J connectivity index is 1.80. The number of pyridine rings is 1. The second-order valence-corrected chi connectivity index (χ2v) is 5.35. The first-order valence-electron chi connectivity index (χ1n) is 6.01. The highest BCUT2D eigenvalue weighted by atomic mass is 32.1. The van der Waals surface area contributed by atoms with E-state index in [1.165, 1.54) is 11.3 Å². The highest BCUT2D eigenvalue weighted by molar-refractivity contribution is 7.20. The van der Waals surface area contributed by atoms with E-state index in [-0.39, 0.29) is 0 Å². The first-order valence-corrected chi connectivity index (χ1v) is 6.82.